The van der Waals surface area contributed by atoms with E-state index in [1.807, 2.05) is 56.3 Å². The van der Waals surface area contributed by atoms with Crippen molar-refractivity contribution >= 4 is 17.7 Å². The number of ether oxygens (including phenoxy) is 2. The van der Waals surface area contributed by atoms with E-state index in [2.05, 4.69) is 16.2 Å². The molecule has 0 aliphatic carbocycles. The smallest absolute Gasteiger partial charge is 0.161 e. The first-order valence-corrected chi connectivity index (χ1v) is 8.78. The Balaban J connectivity index is 1.87. The quantitative estimate of drug-likeness (QED) is 0.570. The molecule has 0 aromatic heterocycles. The van der Waals surface area contributed by atoms with Crippen molar-refractivity contribution in [3.63, 3.8) is 0 Å². The number of nitrogens with zero attached hydrogens (tertiary/aromatic N) is 3. The number of rotatable bonds is 6. The first-order valence-electron chi connectivity index (χ1n) is 8.78. The second-order valence-electron chi connectivity index (χ2n) is 6.63. The second kappa shape index (κ2) is 8.12. The lowest BCUT2D eigenvalue weighted by molar-refractivity contribution is 0.0836. The number of hydrogen-bond acceptors (Lipinski definition) is 5. The average Bonchev–Trinajstić information content (AvgIpc) is 3.16. The summed E-state index contributed by atoms with van der Waals surface area (Å²) in [5.74, 6) is 1.53. The summed E-state index contributed by atoms with van der Waals surface area (Å²) in [6, 6.07) is 11.8. The van der Waals surface area contributed by atoms with Crippen molar-refractivity contribution in [1.82, 2.24) is 4.90 Å². The van der Waals surface area contributed by atoms with Gasteiger partial charge in [-0.1, -0.05) is 17.3 Å². The molecule has 142 valence electrons. The zero-order valence-corrected chi connectivity index (χ0v) is 16.4. The Morgan fingerprint density at radius 3 is 2.59 bits per heavy atom. The molecule has 0 bridgehead atoms. The summed E-state index contributed by atoms with van der Waals surface area (Å²) >= 11 is 0. The molecule has 0 fully saturated rings. The largest absolute Gasteiger partial charge is 0.496 e. The molecular formula is C21H25N3O3. The van der Waals surface area contributed by atoms with Crippen LogP contribution >= 0.6 is 0 Å². The van der Waals surface area contributed by atoms with Gasteiger partial charge in [0.2, 0.25) is 0 Å². The van der Waals surface area contributed by atoms with E-state index in [1.54, 1.807) is 20.6 Å². The summed E-state index contributed by atoms with van der Waals surface area (Å²) in [4.78, 5) is 12.1. The lowest BCUT2D eigenvalue weighted by Gasteiger charge is -2.16. The summed E-state index contributed by atoms with van der Waals surface area (Å²) in [5, 5.41) is 4.30. The maximum Gasteiger partial charge on any atom is 0.161 e. The van der Waals surface area contributed by atoms with Crippen LogP contribution in [0.4, 0.5) is 5.69 Å². The average molecular weight is 367 g/mol. The first-order chi connectivity index (χ1) is 13.0. The van der Waals surface area contributed by atoms with E-state index in [1.165, 1.54) is 0 Å². The van der Waals surface area contributed by atoms with Crippen molar-refractivity contribution in [3.05, 3.63) is 53.1 Å². The van der Waals surface area contributed by atoms with Gasteiger partial charge in [0.25, 0.3) is 0 Å². The normalized spacial score (nSPS) is 16.2. The molecule has 3 rings (SSSR count). The number of methoxy groups -OCH3 is 2. The molecule has 2 aromatic rings. The van der Waals surface area contributed by atoms with E-state index in [4.69, 9.17) is 14.3 Å². The molecule has 0 N–H and O–H groups in total. The number of aryl methyl sites for hydroxylation is 1. The molecule has 1 aliphatic heterocycles. The van der Waals surface area contributed by atoms with Crippen LogP contribution in [0, 0.1) is 6.92 Å². The molecular weight excluding hydrogens is 342 g/mol. The summed E-state index contributed by atoms with van der Waals surface area (Å²) in [6.45, 7) is 2.03. The highest BCUT2D eigenvalue weighted by molar-refractivity contribution is 6.03. The van der Waals surface area contributed by atoms with Crippen molar-refractivity contribution in [3.8, 4) is 11.5 Å². The Morgan fingerprint density at radius 2 is 1.89 bits per heavy atom. The van der Waals surface area contributed by atoms with Crippen LogP contribution in [0.15, 0.2) is 46.5 Å². The number of hydrogen-bond donors (Lipinski definition) is 0. The highest BCUT2D eigenvalue weighted by Gasteiger charge is 2.28. The van der Waals surface area contributed by atoms with E-state index >= 15 is 0 Å². The third-order valence-corrected chi connectivity index (χ3v) is 4.41. The van der Waals surface area contributed by atoms with Crippen LogP contribution in [-0.2, 0) is 4.84 Å². The van der Waals surface area contributed by atoms with Crippen LogP contribution in [0.1, 0.15) is 29.2 Å². The van der Waals surface area contributed by atoms with E-state index in [0.29, 0.717) is 6.42 Å². The molecule has 0 saturated carbocycles. The summed E-state index contributed by atoms with van der Waals surface area (Å²) in [5.41, 5.74) is 4.70. The molecule has 0 radical (unpaired) electrons. The minimum Gasteiger partial charge on any atom is -0.496 e. The van der Waals surface area contributed by atoms with E-state index in [9.17, 15) is 0 Å². The molecule has 1 heterocycles. The Morgan fingerprint density at radius 1 is 1.15 bits per heavy atom. The molecule has 1 aliphatic rings. The fourth-order valence-corrected chi connectivity index (χ4v) is 3.03. The van der Waals surface area contributed by atoms with Crippen molar-refractivity contribution < 1.29 is 14.3 Å². The minimum absolute atomic E-state index is 0.203. The van der Waals surface area contributed by atoms with Crippen molar-refractivity contribution in [2.24, 2.45) is 10.1 Å². The van der Waals surface area contributed by atoms with Crippen molar-refractivity contribution in [1.29, 1.82) is 0 Å². The molecule has 0 spiro atoms. The van der Waals surface area contributed by atoms with E-state index in [-0.39, 0.29) is 6.10 Å². The minimum atomic E-state index is -0.203. The van der Waals surface area contributed by atoms with Crippen molar-refractivity contribution in [2.45, 2.75) is 19.4 Å². The third-order valence-electron chi connectivity index (χ3n) is 4.41. The van der Waals surface area contributed by atoms with Gasteiger partial charge in [-0.25, -0.2) is 4.99 Å². The predicted molar refractivity (Wildman–Crippen MR) is 108 cm³/mol. The Kier molecular flexibility index (Phi) is 5.64. The second-order valence-corrected chi connectivity index (χ2v) is 6.63. The number of aliphatic imine (C=N–C) groups is 1. The van der Waals surface area contributed by atoms with Gasteiger partial charge in [0.1, 0.15) is 11.5 Å². The highest BCUT2D eigenvalue weighted by Crippen LogP contribution is 2.39. The Labute approximate surface area is 160 Å². The van der Waals surface area contributed by atoms with Crippen LogP contribution in [-0.4, -0.2) is 45.3 Å². The first kappa shape index (κ1) is 18.8. The van der Waals surface area contributed by atoms with Crippen LogP contribution < -0.4 is 9.47 Å². The molecule has 6 nitrogen and oxygen atoms in total. The van der Waals surface area contributed by atoms with E-state index < -0.39 is 0 Å². The number of para-hydroxylation sites is 1. The molecule has 6 heteroatoms. The van der Waals surface area contributed by atoms with Crippen LogP contribution in [0.2, 0.25) is 0 Å². The van der Waals surface area contributed by atoms with Crippen LogP contribution in [0.25, 0.3) is 0 Å². The fourth-order valence-electron chi connectivity index (χ4n) is 3.03. The van der Waals surface area contributed by atoms with Gasteiger partial charge < -0.3 is 19.2 Å². The van der Waals surface area contributed by atoms with E-state index in [0.717, 1.165) is 39.6 Å². The third kappa shape index (κ3) is 4.05. The van der Waals surface area contributed by atoms with Crippen molar-refractivity contribution in [2.75, 3.05) is 28.3 Å². The SMILES string of the molecule is COc1ccccc1C1=NOC(c2cc(C)c(N=CN(C)C)cc2OC)C1. The number of benzene rings is 2. The molecule has 0 amide bonds. The zero-order valence-electron chi connectivity index (χ0n) is 16.4. The Hall–Kier alpha value is -3.02. The van der Waals surface area contributed by atoms with Crippen LogP contribution in [0.3, 0.4) is 0 Å². The summed E-state index contributed by atoms with van der Waals surface area (Å²) < 4.78 is 11.0. The monoisotopic (exact) mass is 367 g/mol. The van der Waals surface area contributed by atoms with Gasteiger partial charge in [-0.15, -0.1) is 0 Å². The standard InChI is InChI=1S/C21H25N3O3/c1-14-10-16(20(26-5)11-17(14)22-13-24(2)3)21-12-18(23-27-21)15-8-6-7-9-19(15)25-4/h6-11,13,21H,12H2,1-5H3. The van der Waals surface area contributed by atoms with Gasteiger partial charge >= 0.3 is 0 Å². The van der Waals surface area contributed by atoms with Gasteiger partial charge in [-0.3, -0.25) is 0 Å². The maximum absolute atomic E-state index is 5.75. The fraction of sp³-hybridized carbons (Fsp3) is 0.333. The molecule has 27 heavy (non-hydrogen) atoms. The Bertz CT molecular complexity index is 875. The lowest BCUT2D eigenvalue weighted by atomic mass is 9.97. The van der Waals surface area contributed by atoms with Gasteiger partial charge in [0, 0.05) is 37.7 Å². The van der Waals surface area contributed by atoms with Gasteiger partial charge in [-0.05, 0) is 30.7 Å². The molecule has 1 unspecified atom stereocenters. The maximum atomic E-state index is 5.75. The topological polar surface area (TPSA) is 55.7 Å². The molecule has 0 saturated heterocycles. The molecule has 1 atom stereocenters. The molecule has 2 aromatic carbocycles. The summed E-state index contributed by atoms with van der Waals surface area (Å²) in [6.07, 6.45) is 2.22. The van der Waals surface area contributed by atoms with Crippen LogP contribution in [0.5, 0.6) is 11.5 Å². The summed E-state index contributed by atoms with van der Waals surface area (Å²) in [7, 11) is 7.19. The highest BCUT2D eigenvalue weighted by atomic mass is 16.6. The predicted octanol–water partition coefficient (Wildman–Crippen LogP) is 4.10. The van der Waals surface area contributed by atoms with Gasteiger partial charge in [0.05, 0.1) is 32.0 Å². The lowest BCUT2D eigenvalue weighted by Crippen LogP contribution is -2.07. The zero-order chi connectivity index (χ0) is 19.4. The number of oxime groups is 1. The van der Waals surface area contributed by atoms with Gasteiger partial charge in [-0.2, -0.15) is 0 Å². The van der Waals surface area contributed by atoms with Gasteiger partial charge in [0.15, 0.2) is 6.10 Å².